The van der Waals surface area contributed by atoms with Gasteiger partial charge in [-0.3, -0.25) is 9.80 Å². The summed E-state index contributed by atoms with van der Waals surface area (Å²) in [6.45, 7) is 6.59. The minimum atomic E-state index is -0.510. The molecule has 2 aromatic rings. The molecule has 162 valence electrons. The molecule has 1 N–H and O–H groups in total. The van der Waals surface area contributed by atoms with Crippen LogP contribution in [0.25, 0.3) is 0 Å². The lowest BCUT2D eigenvalue weighted by Crippen LogP contribution is -2.48. The van der Waals surface area contributed by atoms with Crippen LogP contribution in [0.3, 0.4) is 0 Å². The molecule has 0 spiro atoms. The van der Waals surface area contributed by atoms with Crippen LogP contribution >= 0.6 is 11.6 Å². The Hall–Kier alpha value is -1.83. The van der Waals surface area contributed by atoms with Crippen LogP contribution < -0.4 is 9.47 Å². The van der Waals surface area contributed by atoms with Gasteiger partial charge in [0.1, 0.15) is 6.61 Å². The molecule has 2 aliphatic heterocycles. The van der Waals surface area contributed by atoms with E-state index < -0.39 is 6.10 Å². The Balaban J connectivity index is 1.11. The zero-order valence-electron chi connectivity index (χ0n) is 17.1. The minimum Gasteiger partial charge on any atom is -0.486 e. The summed E-state index contributed by atoms with van der Waals surface area (Å²) in [5.41, 5.74) is 1.28. The number of hydrogen-bond acceptors (Lipinski definition) is 6. The number of fused-ring (bicyclic) bond motifs is 1. The number of nitrogens with zero attached hydrogens (tertiary/aromatic N) is 2. The maximum atomic E-state index is 10.4. The third-order valence-electron chi connectivity index (χ3n) is 5.43. The van der Waals surface area contributed by atoms with E-state index in [4.69, 9.17) is 25.8 Å². The first-order valence-corrected chi connectivity index (χ1v) is 10.9. The second-order valence-electron chi connectivity index (χ2n) is 7.89. The average Bonchev–Trinajstić information content (AvgIpc) is 2.77. The standard InChI is InChI=1S/C23H29ClN2O4/c24-19-7-5-18(6-8-19)13-25-9-11-26(12-10-25)14-20(27)15-28-16-21-17-29-22-3-1-2-4-23(22)30-21/h1-8,20-21,27H,9-17H2/t20-,21-/m1/s1. The van der Waals surface area contributed by atoms with Crippen LogP contribution in [0.2, 0.25) is 5.02 Å². The smallest absolute Gasteiger partial charge is 0.161 e. The third-order valence-corrected chi connectivity index (χ3v) is 5.69. The van der Waals surface area contributed by atoms with Crippen molar-refractivity contribution in [1.29, 1.82) is 0 Å². The zero-order chi connectivity index (χ0) is 20.8. The molecule has 0 radical (unpaired) electrons. The molecular weight excluding hydrogens is 404 g/mol. The molecule has 0 amide bonds. The highest BCUT2D eigenvalue weighted by atomic mass is 35.5. The largest absolute Gasteiger partial charge is 0.486 e. The van der Waals surface area contributed by atoms with E-state index in [1.807, 2.05) is 36.4 Å². The summed E-state index contributed by atoms with van der Waals surface area (Å²) in [4.78, 5) is 4.73. The molecule has 2 aliphatic rings. The first kappa shape index (κ1) is 21.4. The Bertz CT molecular complexity index is 796. The lowest BCUT2D eigenvalue weighted by Gasteiger charge is -2.35. The van der Waals surface area contributed by atoms with Crippen molar-refractivity contribution in [3.63, 3.8) is 0 Å². The van der Waals surface area contributed by atoms with Gasteiger partial charge in [0, 0.05) is 44.3 Å². The quantitative estimate of drug-likeness (QED) is 0.692. The molecule has 6 nitrogen and oxygen atoms in total. The summed E-state index contributed by atoms with van der Waals surface area (Å²) in [5.74, 6) is 1.51. The van der Waals surface area contributed by atoms with Crippen LogP contribution in [0.4, 0.5) is 0 Å². The number of aliphatic hydroxyl groups excluding tert-OH is 1. The van der Waals surface area contributed by atoms with Crippen LogP contribution in [-0.2, 0) is 11.3 Å². The van der Waals surface area contributed by atoms with Crippen molar-refractivity contribution < 1.29 is 19.3 Å². The van der Waals surface area contributed by atoms with Crippen LogP contribution in [0, 0.1) is 0 Å². The van der Waals surface area contributed by atoms with Crippen molar-refractivity contribution >= 4 is 11.6 Å². The van der Waals surface area contributed by atoms with Gasteiger partial charge >= 0.3 is 0 Å². The number of β-amino-alcohol motifs (C(OH)–C–C–N with tert-alkyl or cyclic N) is 1. The number of benzene rings is 2. The number of hydrogen-bond donors (Lipinski definition) is 1. The van der Waals surface area contributed by atoms with E-state index in [9.17, 15) is 5.11 Å². The van der Waals surface area contributed by atoms with Gasteiger partial charge in [-0.25, -0.2) is 0 Å². The summed E-state index contributed by atoms with van der Waals surface area (Å²) in [6, 6.07) is 15.7. The topological polar surface area (TPSA) is 54.4 Å². The van der Waals surface area contributed by atoms with Gasteiger partial charge in [0.25, 0.3) is 0 Å². The molecule has 1 saturated heterocycles. The van der Waals surface area contributed by atoms with Crippen molar-refractivity contribution in [3.05, 3.63) is 59.1 Å². The van der Waals surface area contributed by atoms with Crippen LogP contribution in [0.5, 0.6) is 11.5 Å². The molecule has 0 aliphatic carbocycles. The number of ether oxygens (including phenoxy) is 3. The molecule has 0 bridgehead atoms. The fraction of sp³-hybridized carbons (Fsp3) is 0.478. The predicted molar refractivity (Wildman–Crippen MR) is 116 cm³/mol. The Morgan fingerprint density at radius 3 is 2.47 bits per heavy atom. The maximum Gasteiger partial charge on any atom is 0.161 e. The van der Waals surface area contributed by atoms with E-state index in [1.165, 1.54) is 5.56 Å². The summed E-state index contributed by atoms with van der Waals surface area (Å²) in [5, 5.41) is 11.1. The molecule has 7 heteroatoms. The Labute approximate surface area is 182 Å². The maximum absolute atomic E-state index is 10.4. The van der Waals surface area contributed by atoms with Gasteiger partial charge < -0.3 is 19.3 Å². The van der Waals surface area contributed by atoms with Crippen molar-refractivity contribution in [2.24, 2.45) is 0 Å². The molecule has 30 heavy (non-hydrogen) atoms. The van der Waals surface area contributed by atoms with Gasteiger partial charge in [-0.05, 0) is 29.8 Å². The number of halogens is 1. The first-order chi connectivity index (χ1) is 14.7. The zero-order valence-corrected chi connectivity index (χ0v) is 17.8. The SMILES string of the molecule is O[C@@H](COC[C@@H]1COc2ccccc2O1)CN1CCN(Cc2ccc(Cl)cc2)CC1. The van der Waals surface area contributed by atoms with Crippen LogP contribution in [0.15, 0.2) is 48.5 Å². The summed E-state index contributed by atoms with van der Waals surface area (Å²) < 4.78 is 17.3. The third kappa shape index (κ3) is 6.09. The number of rotatable bonds is 8. The van der Waals surface area contributed by atoms with E-state index >= 15 is 0 Å². The monoisotopic (exact) mass is 432 g/mol. The van der Waals surface area contributed by atoms with Gasteiger partial charge in [0.15, 0.2) is 17.6 Å². The molecule has 2 atom stereocenters. The van der Waals surface area contributed by atoms with Crippen molar-refractivity contribution in [1.82, 2.24) is 9.80 Å². The van der Waals surface area contributed by atoms with Crippen molar-refractivity contribution in [3.8, 4) is 11.5 Å². The number of aliphatic hydroxyl groups is 1. The highest BCUT2D eigenvalue weighted by Gasteiger charge is 2.22. The van der Waals surface area contributed by atoms with Gasteiger partial charge in [-0.2, -0.15) is 0 Å². The van der Waals surface area contributed by atoms with Crippen LogP contribution in [-0.4, -0.2) is 79.7 Å². The Kier molecular flexibility index (Phi) is 7.47. The van der Waals surface area contributed by atoms with Crippen molar-refractivity contribution in [2.75, 3.05) is 52.5 Å². The summed E-state index contributed by atoms with van der Waals surface area (Å²) >= 11 is 5.96. The fourth-order valence-corrected chi connectivity index (χ4v) is 3.94. The normalized spacial score (nSPS) is 20.8. The molecule has 2 aromatic carbocycles. The first-order valence-electron chi connectivity index (χ1n) is 10.5. The van der Waals surface area contributed by atoms with Gasteiger partial charge in [0.05, 0.1) is 19.3 Å². The van der Waals surface area contributed by atoms with E-state index in [2.05, 4.69) is 21.9 Å². The fourth-order valence-electron chi connectivity index (χ4n) is 3.81. The molecule has 0 unspecified atom stereocenters. The summed E-state index contributed by atoms with van der Waals surface area (Å²) in [6.07, 6.45) is -0.659. The van der Waals surface area contributed by atoms with E-state index in [-0.39, 0.29) is 6.10 Å². The van der Waals surface area contributed by atoms with E-state index in [1.54, 1.807) is 0 Å². The number of piperazine rings is 1. The average molecular weight is 433 g/mol. The Morgan fingerprint density at radius 1 is 1.00 bits per heavy atom. The van der Waals surface area contributed by atoms with E-state index in [0.717, 1.165) is 49.2 Å². The van der Waals surface area contributed by atoms with Crippen molar-refractivity contribution in [2.45, 2.75) is 18.8 Å². The summed E-state index contributed by atoms with van der Waals surface area (Å²) in [7, 11) is 0. The van der Waals surface area contributed by atoms with Gasteiger partial charge in [-0.15, -0.1) is 0 Å². The molecule has 0 saturated carbocycles. The molecule has 0 aromatic heterocycles. The minimum absolute atomic E-state index is 0.150. The second kappa shape index (κ2) is 10.5. The molecular formula is C23H29ClN2O4. The highest BCUT2D eigenvalue weighted by molar-refractivity contribution is 6.30. The Morgan fingerprint density at radius 2 is 1.70 bits per heavy atom. The number of para-hydroxylation sites is 2. The lowest BCUT2D eigenvalue weighted by molar-refractivity contribution is -0.0322. The van der Waals surface area contributed by atoms with E-state index in [0.29, 0.717) is 26.4 Å². The van der Waals surface area contributed by atoms with Gasteiger partial charge in [0.2, 0.25) is 0 Å². The molecule has 1 fully saturated rings. The molecule has 2 heterocycles. The predicted octanol–water partition coefficient (Wildman–Crippen LogP) is 2.68. The highest BCUT2D eigenvalue weighted by Crippen LogP contribution is 2.30. The lowest BCUT2D eigenvalue weighted by atomic mass is 10.2. The molecule has 4 rings (SSSR count). The second-order valence-corrected chi connectivity index (χ2v) is 8.33. The van der Waals surface area contributed by atoms with Gasteiger partial charge in [-0.1, -0.05) is 35.9 Å². The van der Waals surface area contributed by atoms with Crippen LogP contribution in [0.1, 0.15) is 5.56 Å².